The summed E-state index contributed by atoms with van der Waals surface area (Å²) in [7, 11) is 6.93. The molecule has 0 bridgehead atoms. The molecule has 2 aliphatic rings. The van der Waals surface area contributed by atoms with E-state index in [1.54, 1.807) is 44.1 Å². The van der Waals surface area contributed by atoms with E-state index >= 15 is 0 Å². The number of aliphatic hydroxyl groups excluding tert-OH is 1. The first kappa shape index (κ1) is 60.7. The number of aliphatic hydroxyl groups is 1. The van der Waals surface area contributed by atoms with Gasteiger partial charge in [-0.05, 0) is 102 Å². The molecule has 382 valence electrons. The lowest BCUT2D eigenvalue weighted by Crippen LogP contribution is -2.54. The summed E-state index contributed by atoms with van der Waals surface area (Å²) < 4.78 is 16.6. The predicted molar refractivity (Wildman–Crippen MR) is 268 cm³/mol. The number of allylic oxidation sites excluding steroid dienone is 2. The number of carbonyl (C=O) groups is 5. The van der Waals surface area contributed by atoms with Crippen LogP contribution >= 0.6 is 0 Å². The molecule has 0 spiro atoms. The molecule has 0 radical (unpaired) electrons. The van der Waals surface area contributed by atoms with Crippen LogP contribution in [0, 0.1) is 17.8 Å². The van der Waals surface area contributed by atoms with E-state index in [1.165, 1.54) is 6.42 Å². The van der Waals surface area contributed by atoms with Gasteiger partial charge in [0.1, 0.15) is 5.60 Å². The number of rotatable bonds is 22. The summed E-state index contributed by atoms with van der Waals surface area (Å²) in [5, 5.41) is 19.0. The zero-order valence-corrected chi connectivity index (χ0v) is 44.0. The monoisotopic (exact) mass is 943 g/mol. The molecule has 15 heteroatoms. The van der Waals surface area contributed by atoms with Gasteiger partial charge in [0.2, 0.25) is 24.1 Å². The van der Waals surface area contributed by atoms with Crippen LogP contribution in [0.3, 0.4) is 0 Å². The molecule has 1 aliphatic carbocycles. The Morgan fingerprint density at radius 3 is 2.13 bits per heavy atom. The second-order valence-electron chi connectivity index (χ2n) is 19.4. The fourth-order valence-corrected chi connectivity index (χ4v) is 8.63. The number of amides is 5. The lowest BCUT2D eigenvalue weighted by molar-refractivity contribution is -0.138. The quantitative estimate of drug-likeness (QED) is 0.0842. The number of methoxy groups -OCH3 is 2. The van der Waals surface area contributed by atoms with Gasteiger partial charge in [0, 0.05) is 40.0 Å². The molecule has 0 aromatic heterocycles. The second kappa shape index (κ2) is 30.9. The molecule has 1 heterocycles. The number of nitrogens with zero attached hydrogens (tertiary/aromatic N) is 3. The van der Waals surface area contributed by atoms with E-state index in [0.29, 0.717) is 18.8 Å². The van der Waals surface area contributed by atoms with Crippen molar-refractivity contribution in [3.05, 3.63) is 53.6 Å². The number of hydrogen-bond acceptors (Lipinski definition) is 10. The zero-order chi connectivity index (χ0) is 51.0. The SMILES string of the molecule is CCC.CCC(C)C(C(CC)OC)N(C)C(=O)CNC(=O)C(C(C)C)N(C)Cc1cccc(NC(=O)OC(C)(C)C)c1.COC(C(C)C(=O)NC(C)C(O)C1=CCCC=C1)C1CCCN1C=O. The van der Waals surface area contributed by atoms with Crippen LogP contribution in [0.5, 0.6) is 0 Å². The van der Waals surface area contributed by atoms with Gasteiger partial charge in [-0.25, -0.2) is 4.79 Å². The molecule has 1 aliphatic heterocycles. The highest BCUT2D eigenvalue weighted by Gasteiger charge is 2.38. The van der Waals surface area contributed by atoms with Gasteiger partial charge in [-0.1, -0.05) is 98.6 Å². The minimum Gasteiger partial charge on any atom is -0.444 e. The van der Waals surface area contributed by atoms with Crippen LogP contribution in [0.1, 0.15) is 134 Å². The van der Waals surface area contributed by atoms with Crippen molar-refractivity contribution in [3.8, 4) is 0 Å². The van der Waals surface area contributed by atoms with E-state index in [4.69, 9.17) is 14.2 Å². The third kappa shape index (κ3) is 20.4. The van der Waals surface area contributed by atoms with Gasteiger partial charge in [0.05, 0.1) is 54.9 Å². The van der Waals surface area contributed by atoms with Crippen LogP contribution in [0.25, 0.3) is 0 Å². The Morgan fingerprint density at radius 1 is 0.955 bits per heavy atom. The number of hydrogen-bond donors (Lipinski definition) is 4. The molecular formula is C52H90N6O9. The summed E-state index contributed by atoms with van der Waals surface area (Å²) in [5.41, 5.74) is 1.80. The van der Waals surface area contributed by atoms with Crippen molar-refractivity contribution in [1.29, 1.82) is 0 Å². The molecular weight excluding hydrogens is 853 g/mol. The minimum absolute atomic E-state index is 0.0109. The number of likely N-dealkylation sites (tertiary alicyclic amines) is 1. The van der Waals surface area contributed by atoms with Crippen LogP contribution in [-0.2, 0) is 39.9 Å². The number of nitrogens with one attached hydrogen (secondary N) is 3. The average molecular weight is 943 g/mol. The Bertz CT molecular complexity index is 1710. The molecule has 1 fully saturated rings. The number of ether oxygens (including phenoxy) is 3. The first-order valence-corrected chi connectivity index (χ1v) is 24.5. The van der Waals surface area contributed by atoms with Gasteiger partial charge >= 0.3 is 6.09 Å². The van der Waals surface area contributed by atoms with Crippen LogP contribution in [0.2, 0.25) is 0 Å². The molecule has 1 saturated heterocycles. The van der Waals surface area contributed by atoms with Crippen LogP contribution in [0.15, 0.2) is 48.1 Å². The molecule has 0 saturated carbocycles. The summed E-state index contributed by atoms with van der Waals surface area (Å²) >= 11 is 0. The van der Waals surface area contributed by atoms with Gasteiger partial charge in [-0.2, -0.15) is 0 Å². The highest BCUT2D eigenvalue weighted by atomic mass is 16.6. The highest BCUT2D eigenvalue weighted by Crippen LogP contribution is 2.26. The molecule has 5 amide bonds. The van der Waals surface area contributed by atoms with Crippen LogP contribution in [-0.4, -0.2) is 140 Å². The molecule has 4 N–H and O–H groups in total. The second-order valence-corrected chi connectivity index (χ2v) is 19.4. The Kier molecular flexibility index (Phi) is 28.0. The molecule has 15 nitrogen and oxygen atoms in total. The smallest absolute Gasteiger partial charge is 0.412 e. The van der Waals surface area contributed by atoms with Crippen molar-refractivity contribution in [2.75, 3.05) is 46.7 Å². The molecule has 3 rings (SSSR count). The first-order valence-electron chi connectivity index (χ1n) is 24.5. The van der Waals surface area contributed by atoms with Crippen LogP contribution in [0.4, 0.5) is 10.5 Å². The van der Waals surface area contributed by atoms with Gasteiger partial charge < -0.3 is 39.8 Å². The zero-order valence-electron chi connectivity index (χ0n) is 44.0. The van der Waals surface area contributed by atoms with Gasteiger partial charge in [-0.15, -0.1) is 0 Å². The lowest BCUT2D eigenvalue weighted by Gasteiger charge is -2.37. The number of likely N-dealkylation sites (N-methyl/N-ethyl adjacent to an activating group) is 2. The normalized spacial score (nSPS) is 18.3. The Balaban J connectivity index is 0.000000684. The Hall–Kier alpha value is -4.31. The van der Waals surface area contributed by atoms with Crippen molar-refractivity contribution in [1.82, 2.24) is 25.3 Å². The van der Waals surface area contributed by atoms with E-state index in [2.05, 4.69) is 50.6 Å². The third-order valence-electron chi connectivity index (χ3n) is 12.2. The molecule has 9 unspecified atom stereocenters. The van der Waals surface area contributed by atoms with Crippen molar-refractivity contribution in [3.63, 3.8) is 0 Å². The maximum absolute atomic E-state index is 13.3. The topological polar surface area (TPSA) is 179 Å². The molecule has 1 aromatic rings. The predicted octanol–water partition coefficient (Wildman–Crippen LogP) is 7.72. The highest BCUT2D eigenvalue weighted by molar-refractivity contribution is 5.88. The Morgan fingerprint density at radius 2 is 1.61 bits per heavy atom. The van der Waals surface area contributed by atoms with Crippen molar-refractivity contribution in [2.24, 2.45) is 17.8 Å². The summed E-state index contributed by atoms with van der Waals surface area (Å²) in [6.07, 6.45) is 11.7. The number of carbonyl (C=O) groups excluding carboxylic acids is 5. The standard InChI is InChI=1S/C30H52N4O5.C19H30N2O4.C3H8/c1-12-21(5)27(24(13-2)38-11)34(10)25(35)18-31-28(36)26(20(3)4)33(9)19-22-15-14-16-23(17-22)32-29(37)39-30(6,7)8;1-13(18(25-3)16-10-7-11-21(16)12-22)19(24)20-14(2)17(23)15-8-5-4-6-9-15;1-3-2/h14-17,20-21,24,26-27H,12-13,18-19H2,1-11H3,(H,31,36)(H,32,37);5,8-9,12-14,16-18,23H,4,6-7,10-11H2,1-3H3,(H,20,24);3H2,1-2H3. The van der Waals surface area contributed by atoms with Gasteiger partial charge in [0.25, 0.3) is 0 Å². The molecule has 9 atom stereocenters. The Labute approximate surface area is 404 Å². The lowest BCUT2D eigenvalue weighted by atomic mass is 9.91. The maximum Gasteiger partial charge on any atom is 0.412 e. The van der Waals surface area contributed by atoms with Crippen molar-refractivity contribution >= 4 is 35.9 Å². The van der Waals surface area contributed by atoms with Gasteiger partial charge in [-0.3, -0.25) is 29.4 Å². The molecule has 1 aromatic carbocycles. The average Bonchev–Trinajstić information content (AvgIpc) is 3.75. The summed E-state index contributed by atoms with van der Waals surface area (Å²) in [5.74, 6) is -0.657. The first-order chi connectivity index (χ1) is 31.5. The fraction of sp³-hybridized carbons (Fsp3) is 0.712. The van der Waals surface area contributed by atoms with Gasteiger partial charge in [0.15, 0.2) is 0 Å². The largest absolute Gasteiger partial charge is 0.444 e. The fourth-order valence-electron chi connectivity index (χ4n) is 8.63. The number of benzene rings is 1. The third-order valence-corrected chi connectivity index (χ3v) is 12.2. The maximum atomic E-state index is 13.3. The number of anilines is 1. The van der Waals surface area contributed by atoms with E-state index in [-0.39, 0.29) is 60.4 Å². The minimum atomic E-state index is -0.730. The van der Waals surface area contributed by atoms with Crippen molar-refractivity contribution in [2.45, 2.75) is 183 Å². The van der Waals surface area contributed by atoms with E-state index in [0.717, 1.165) is 56.1 Å². The summed E-state index contributed by atoms with van der Waals surface area (Å²) in [6, 6.07) is 6.47. The van der Waals surface area contributed by atoms with E-state index < -0.39 is 35.8 Å². The van der Waals surface area contributed by atoms with Crippen LogP contribution < -0.4 is 16.0 Å². The van der Waals surface area contributed by atoms with Crippen molar-refractivity contribution < 1.29 is 43.3 Å². The molecule has 67 heavy (non-hydrogen) atoms. The summed E-state index contributed by atoms with van der Waals surface area (Å²) in [6.45, 7) is 24.7. The van der Waals surface area contributed by atoms with E-state index in [9.17, 15) is 29.1 Å². The van der Waals surface area contributed by atoms with E-state index in [1.807, 2.05) is 89.9 Å². The summed E-state index contributed by atoms with van der Waals surface area (Å²) in [4.78, 5) is 67.8.